The van der Waals surface area contributed by atoms with Crippen molar-refractivity contribution in [3.63, 3.8) is 0 Å². The molecule has 0 heterocycles. The van der Waals surface area contributed by atoms with Crippen LogP contribution in [0.4, 0.5) is 0 Å². The summed E-state index contributed by atoms with van der Waals surface area (Å²) in [7, 11) is 0. The smallest absolute Gasteiger partial charge is 0.328 e. The van der Waals surface area contributed by atoms with Gasteiger partial charge >= 0.3 is 11.9 Å². The van der Waals surface area contributed by atoms with E-state index in [0.717, 1.165) is 0 Å². The fraction of sp³-hybridized carbons (Fsp3) is 0.471. The van der Waals surface area contributed by atoms with Gasteiger partial charge in [-0.3, -0.25) is 9.59 Å². The van der Waals surface area contributed by atoms with Crippen LogP contribution in [0.3, 0.4) is 0 Å². The average Bonchev–Trinajstić information content (AvgIpc) is 3.03. The van der Waals surface area contributed by atoms with Gasteiger partial charge in [0.05, 0.1) is 12.5 Å². The minimum atomic E-state index is -0.857. The third-order valence-corrected chi connectivity index (χ3v) is 4.16. The topological polar surface area (TPSA) is 92.7 Å². The molecule has 124 valence electrons. The van der Waals surface area contributed by atoms with Crippen molar-refractivity contribution < 1.29 is 24.2 Å². The highest BCUT2D eigenvalue weighted by Gasteiger charge is 2.39. The van der Waals surface area contributed by atoms with Crippen molar-refractivity contribution in [2.75, 3.05) is 6.61 Å². The molecular formula is C17H21NO5. The lowest BCUT2D eigenvalue weighted by Crippen LogP contribution is -2.46. The van der Waals surface area contributed by atoms with Crippen LogP contribution in [0.5, 0.6) is 0 Å². The van der Waals surface area contributed by atoms with Crippen LogP contribution < -0.4 is 5.32 Å². The number of amides is 1. The number of carboxylic acids is 1. The lowest BCUT2D eigenvalue weighted by Gasteiger charge is -2.23. The number of nitrogens with one attached hydrogen (secondary N) is 1. The van der Waals surface area contributed by atoms with Crippen LogP contribution in [-0.2, 0) is 14.3 Å². The predicted molar refractivity (Wildman–Crippen MR) is 82.8 cm³/mol. The zero-order valence-electron chi connectivity index (χ0n) is 13.0. The summed E-state index contributed by atoms with van der Waals surface area (Å²) in [5.74, 6) is -2.41. The lowest BCUT2D eigenvalue weighted by atomic mass is 9.96. The summed E-state index contributed by atoms with van der Waals surface area (Å²) in [6.07, 6.45) is 1.46. The molecular weight excluding hydrogens is 298 g/mol. The molecule has 3 atom stereocenters. The van der Waals surface area contributed by atoms with Gasteiger partial charge in [0, 0.05) is 5.56 Å². The monoisotopic (exact) mass is 319 g/mol. The first-order valence-electron chi connectivity index (χ1n) is 7.78. The third-order valence-electron chi connectivity index (χ3n) is 4.16. The number of carbonyl (C=O) groups excluding carboxylic acids is 2. The van der Waals surface area contributed by atoms with Crippen LogP contribution in [0.2, 0.25) is 0 Å². The first kappa shape index (κ1) is 17.0. The van der Waals surface area contributed by atoms with Crippen LogP contribution in [0.1, 0.15) is 36.5 Å². The second-order valence-electron chi connectivity index (χ2n) is 5.68. The summed E-state index contributed by atoms with van der Waals surface area (Å²) in [6.45, 7) is 1.91. The Morgan fingerprint density at radius 2 is 1.96 bits per heavy atom. The van der Waals surface area contributed by atoms with Crippen LogP contribution in [-0.4, -0.2) is 35.6 Å². The molecule has 2 N–H and O–H groups in total. The highest BCUT2D eigenvalue weighted by molar-refractivity contribution is 5.96. The Hall–Kier alpha value is -2.37. The van der Waals surface area contributed by atoms with Gasteiger partial charge in [-0.2, -0.15) is 0 Å². The summed E-state index contributed by atoms with van der Waals surface area (Å²) in [4.78, 5) is 35.6. The van der Waals surface area contributed by atoms with Crippen molar-refractivity contribution in [3.05, 3.63) is 35.9 Å². The number of hydrogen-bond acceptors (Lipinski definition) is 4. The Balaban J connectivity index is 2.10. The van der Waals surface area contributed by atoms with E-state index in [-0.39, 0.29) is 18.4 Å². The van der Waals surface area contributed by atoms with Crippen molar-refractivity contribution in [3.8, 4) is 0 Å². The molecule has 23 heavy (non-hydrogen) atoms. The first-order chi connectivity index (χ1) is 11.0. The Morgan fingerprint density at radius 1 is 1.26 bits per heavy atom. The SMILES string of the molecule is CCOC(=O)[C@@H](NC(=O)c1ccccc1)[C@@H]1CC[C@H](C(=O)O)C1. The van der Waals surface area contributed by atoms with Crippen LogP contribution in [0.15, 0.2) is 30.3 Å². The van der Waals surface area contributed by atoms with E-state index in [1.165, 1.54) is 0 Å². The van der Waals surface area contributed by atoms with Gasteiger partial charge in [0.15, 0.2) is 0 Å². The molecule has 1 aromatic rings. The predicted octanol–water partition coefficient (Wildman–Crippen LogP) is 1.85. The number of aliphatic carboxylic acids is 1. The molecule has 0 spiro atoms. The lowest BCUT2D eigenvalue weighted by molar-refractivity contribution is -0.147. The summed E-state index contributed by atoms with van der Waals surface area (Å²) in [6, 6.07) is 7.79. The molecule has 2 rings (SSSR count). The van der Waals surface area contributed by atoms with Gasteiger partial charge in [-0.15, -0.1) is 0 Å². The van der Waals surface area contributed by atoms with Gasteiger partial charge in [-0.05, 0) is 44.2 Å². The number of hydrogen-bond donors (Lipinski definition) is 2. The highest BCUT2D eigenvalue weighted by atomic mass is 16.5. The van der Waals surface area contributed by atoms with E-state index in [1.54, 1.807) is 37.3 Å². The maximum Gasteiger partial charge on any atom is 0.328 e. The molecule has 1 aromatic carbocycles. The molecule has 6 heteroatoms. The summed E-state index contributed by atoms with van der Waals surface area (Å²) < 4.78 is 5.05. The van der Waals surface area contributed by atoms with Crippen LogP contribution >= 0.6 is 0 Å². The van der Waals surface area contributed by atoms with Crippen molar-refractivity contribution in [2.45, 2.75) is 32.2 Å². The van der Waals surface area contributed by atoms with Gasteiger partial charge in [0.1, 0.15) is 6.04 Å². The van der Waals surface area contributed by atoms with Crippen LogP contribution in [0, 0.1) is 11.8 Å². The first-order valence-corrected chi connectivity index (χ1v) is 7.78. The van der Waals surface area contributed by atoms with Gasteiger partial charge < -0.3 is 15.2 Å². The Morgan fingerprint density at radius 3 is 2.52 bits per heavy atom. The molecule has 1 fully saturated rings. The zero-order valence-corrected chi connectivity index (χ0v) is 13.0. The minimum Gasteiger partial charge on any atom is -0.481 e. The molecule has 1 aliphatic carbocycles. The van der Waals surface area contributed by atoms with Crippen molar-refractivity contribution in [1.29, 1.82) is 0 Å². The average molecular weight is 319 g/mol. The number of carboxylic acid groups (broad SMARTS) is 1. The van der Waals surface area contributed by atoms with E-state index in [4.69, 9.17) is 9.84 Å². The number of carbonyl (C=O) groups is 3. The molecule has 1 amide bonds. The summed E-state index contributed by atoms with van der Waals surface area (Å²) in [5.41, 5.74) is 0.453. The molecule has 0 aliphatic heterocycles. The second kappa shape index (κ2) is 7.76. The minimum absolute atomic E-state index is 0.214. The molecule has 0 radical (unpaired) electrons. The number of ether oxygens (including phenoxy) is 1. The molecule has 1 saturated carbocycles. The number of rotatable bonds is 6. The summed E-state index contributed by atoms with van der Waals surface area (Å²) in [5, 5.41) is 11.8. The van der Waals surface area contributed by atoms with Crippen LogP contribution in [0.25, 0.3) is 0 Å². The van der Waals surface area contributed by atoms with Gasteiger partial charge in [0.2, 0.25) is 0 Å². The second-order valence-corrected chi connectivity index (χ2v) is 5.68. The highest BCUT2D eigenvalue weighted by Crippen LogP contribution is 2.33. The van der Waals surface area contributed by atoms with Crippen molar-refractivity contribution in [1.82, 2.24) is 5.32 Å². The fourth-order valence-electron chi connectivity index (χ4n) is 2.96. The fourth-order valence-corrected chi connectivity index (χ4v) is 2.96. The van der Waals surface area contributed by atoms with E-state index in [1.807, 2.05) is 0 Å². The maximum absolute atomic E-state index is 12.3. The summed E-state index contributed by atoms with van der Waals surface area (Å²) >= 11 is 0. The van der Waals surface area contributed by atoms with Crippen molar-refractivity contribution >= 4 is 17.8 Å². The standard InChI is InChI=1S/C17H21NO5/c1-2-23-17(22)14(12-8-9-13(10-12)16(20)21)18-15(19)11-6-4-3-5-7-11/h3-7,12-14H,2,8-10H2,1H3,(H,18,19)(H,20,21)/t12-,13+,14+/m1/s1. The van der Waals surface area contributed by atoms with Gasteiger partial charge in [-0.25, -0.2) is 4.79 Å². The Bertz CT molecular complexity index is 572. The molecule has 6 nitrogen and oxygen atoms in total. The van der Waals surface area contributed by atoms with Crippen molar-refractivity contribution in [2.24, 2.45) is 11.8 Å². The zero-order chi connectivity index (χ0) is 16.8. The number of benzene rings is 1. The van der Waals surface area contributed by atoms with Gasteiger partial charge in [0.25, 0.3) is 5.91 Å². The van der Waals surface area contributed by atoms with E-state index in [9.17, 15) is 14.4 Å². The maximum atomic E-state index is 12.3. The largest absolute Gasteiger partial charge is 0.481 e. The van der Waals surface area contributed by atoms with E-state index in [2.05, 4.69) is 5.32 Å². The van der Waals surface area contributed by atoms with E-state index >= 15 is 0 Å². The normalized spacial score (nSPS) is 21.4. The molecule has 1 aliphatic rings. The molecule has 0 unspecified atom stereocenters. The molecule has 0 aromatic heterocycles. The van der Waals surface area contributed by atoms with Gasteiger partial charge in [-0.1, -0.05) is 18.2 Å². The number of esters is 1. The third kappa shape index (κ3) is 4.31. The Labute approximate surface area is 134 Å². The molecule has 0 saturated heterocycles. The molecule has 0 bridgehead atoms. The van der Waals surface area contributed by atoms with E-state index in [0.29, 0.717) is 24.8 Å². The Kier molecular flexibility index (Phi) is 5.73. The van der Waals surface area contributed by atoms with E-state index < -0.39 is 23.9 Å². The quantitative estimate of drug-likeness (QED) is 0.781.